The number of benzene rings is 1. The minimum atomic E-state index is -2.37. The van der Waals surface area contributed by atoms with Crippen LogP contribution < -0.4 is 5.32 Å². The zero-order chi connectivity index (χ0) is 10.6. The van der Waals surface area contributed by atoms with E-state index < -0.39 is 12.5 Å². The number of hydrogen-bond acceptors (Lipinski definition) is 1. The number of alkyl halides is 2. The summed E-state index contributed by atoms with van der Waals surface area (Å²) in [5, 5.41) is 2.62. The van der Waals surface area contributed by atoms with Gasteiger partial charge in [0.2, 0.25) is 0 Å². The average Bonchev–Trinajstić information content (AvgIpc) is 2.19. The van der Waals surface area contributed by atoms with Gasteiger partial charge in [-0.15, -0.1) is 0 Å². The molecule has 14 heavy (non-hydrogen) atoms. The van der Waals surface area contributed by atoms with Crippen molar-refractivity contribution in [1.29, 1.82) is 0 Å². The first-order valence-electron chi connectivity index (χ1n) is 4.73. The van der Waals surface area contributed by atoms with Crippen LogP contribution in [0.3, 0.4) is 0 Å². The maximum Gasteiger partial charge on any atom is 0.257 e. The van der Waals surface area contributed by atoms with Gasteiger partial charge in [0.15, 0.2) is 0 Å². The molecule has 0 aliphatic carbocycles. The largest absolute Gasteiger partial charge is 0.308 e. The summed E-state index contributed by atoms with van der Waals surface area (Å²) in [6.07, 6.45) is -1.50. The number of nitrogens with one attached hydrogen (secondary N) is 1. The molecular weight excluding hydrogens is 184 g/mol. The van der Waals surface area contributed by atoms with Gasteiger partial charge in [-0.1, -0.05) is 31.2 Å². The first-order chi connectivity index (χ1) is 6.69. The normalized spacial score (nSPS) is 13.2. The third-order valence-corrected chi connectivity index (χ3v) is 2.28. The van der Waals surface area contributed by atoms with Crippen LogP contribution in [0.5, 0.6) is 0 Å². The van der Waals surface area contributed by atoms with Crippen LogP contribution in [-0.2, 0) is 6.42 Å². The molecule has 0 aliphatic rings. The zero-order valence-electron chi connectivity index (χ0n) is 8.43. The van der Waals surface area contributed by atoms with Gasteiger partial charge >= 0.3 is 0 Å². The lowest BCUT2D eigenvalue weighted by molar-refractivity contribution is 0.102. The lowest BCUT2D eigenvalue weighted by Gasteiger charge is -2.16. The molecule has 0 saturated heterocycles. The fourth-order valence-corrected chi connectivity index (χ4v) is 1.44. The van der Waals surface area contributed by atoms with Gasteiger partial charge in [0.1, 0.15) is 0 Å². The van der Waals surface area contributed by atoms with E-state index in [2.05, 4.69) is 5.32 Å². The van der Waals surface area contributed by atoms with E-state index in [-0.39, 0.29) is 0 Å². The lowest BCUT2D eigenvalue weighted by atomic mass is 10.0. The van der Waals surface area contributed by atoms with Gasteiger partial charge in [0.05, 0.1) is 6.04 Å². The van der Waals surface area contributed by atoms with Crippen LogP contribution in [0.25, 0.3) is 0 Å². The molecule has 1 nitrogen and oxygen atoms in total. The molecule has 1 aromatic rings. The van der Waals surface area contributed by atoms with E-state index in [9.17, 15) is 8.78 Å². The summed E-state index contributed by atoms with van der Waals surface area (Å²) in [6.45, 7) is 2.01. The highest BCUT2D eigenvalue weighted by Crippen LogP contribution is 2.21. The maximum atomic E-state index is 12.6. The second-order valence-electron chi connectivity index (χ2n) is 3.20. The van der Waals surface area contributed by atoms with Crippen LogP contribution in [-0.4, -0.2) is 13.5 Å². The highest BCUT2D eigenvalue weighted by molar-refractivity contribution is 5.26. The molecule has 1 rings (SSSR count). The van der Waals surface area contributed by atoms with E-state index in [0.717, 1.165) is 12.0 Å². The van der Waals surface area contributed by atoms with Crippen molar-refractivity contribution >= 4 is 0 Å². The Morgan fingerprint density at radius 3 is 2.57 bits per heavy atom. The molecule has 0 fully saturated rings. The Balaban J connectivity index is 2.92. The molecule has 0 heterocycles. The molecule has 0 bridgehead atoms. The standard InChI is InChI=1S/C11H15F2N/c1-3-8-5-4-6-9(7-8)10(14-2)11(12)13/h4-7,10-11,14H,3H2,1-2H3. The van der Waals surface area contributed by atoms with Gasteiger partial charge in [0, 0.05) is 0 Å². The van der Waals surface area contributed by atoms with E-state index in [1.807, 2.05) is 25.1 Å². The van der Waals surface area contributed by atoms with Crippen LogP contribution in [0.4, 0.5) is 8.78 Å². The summed E-state index contributed by atoms with van der Waals surface area (Å²) in [6, 6.07) is 6.46. The summed E-state index contributed by atoms with van der Waals surface area (Å²) in [5.74, 6) is 0. The highest BCUT2D eigenvalue weighted by Gasteiger charge is 2.19. The molecule has 1 atom stereocenters. The van der Waals surface area contributed by atoms with Crippen molar-refractivity contribution in [2.75, 3.05) is 7.05 Å². The van der Waals surface area contributed by atoms with Gasteiger partial charge in [-0.2, -0.15) is 0 Å². The van der Waals surface area contributed by atoms with E-state index >= 15 is 0 Å². The van der Waals surface area contributed by atoms with Crippen molar-refractivity contribution in [3.63, 3.8) is 0 Å². The first-order valence-corrected chi connectivity index (χ1v) is 4.73. The fraction of sp³-hybridized carbons (Fsp3) is 0.455. The highest BCUT2D eigenvalue weighted by atomic mass is 19.3. The smallest absolute Gasteiger partial charge is 0.257 e. The van der Waals surface area contributed by atoms with Crippen molar-refractivity contribution in [2.45, 2.75) is 25.8 Å². The van der Waals surface area contributed by atoms with Crippen molar-refractivity contribution < 1.29 is 8.78 Å². The molecular formula is C11H15F2N. The average molecular weight is 199 g/mol. The van der Waals surface area contributed by atoms with E-state index in [4.69, 9.17) is 0 Å². The zero-order valence-corrected chi connectivity index (χ0v) is 8.43. The Morgan fingerprint density at radius 2 is 2.07 bits per heavy atom. The van der Waals surface area contributed by atoms with E-state index in [1.165, 1.54) is 0 Å². The molecule has 0 saturated carbocycles. The molecule has 0 aromatic heterocycles. The second-order valence-corrected chi connectivity index (χ2v) is 3.20. The molecule has 0 radical (unpaired) electrons. The third kappa shape index (κ3) is 2.51. The van der Waals surface area contributed by atoms with Gasteiger partial charge in [-0.25, -0.2) is 8.78 Å². The van der Waals surface area contributed by atoms with Crippen LogP contribution in [0.1, 0.15) is 24.1 Å². The van der Waals surface area contributed by atoms with Crippen LogP contribution in [0, 0.1) is 0 Å². The number of halogens is 2. The van der Waals surface area contributed by atoms with Gasteiger partial charge < -0.3 is 5.32 Å². The van der Waals surface area contributed by atoms with Crippen molar-refractivity contribution in [3.8, 4) is 0 Å². The quantitative estimate of drug-likeness (QED) is 0.786. The Hall–Kier alpha value is -0.960. The Bertz CT molecular complexity index is 286. The number of rotatable bonds is 4. The minimum absolute atomic E-state index is 0.654. The lowest BCUT2D eigenvalue weighted by Crippen LogP contribution is -2.23. The van der Waals surface area contributed by atoms with E-state index in [0.29, 0.717) is 5.56 Å². The van der Waals surface area contributed by atoms with Crippen molar-refractivity contribution in [3.05, 3.63) is 35.4 Å². The molecule has 3 heteroatoms. The molecule has 1 aromatic carbocycles. The monoisotopic (exact) mass is 199 g/mol. The maximum absolute atomic E-state index is 12.6. The van der Waals surface area contributed by atoms with Crippen LogP contribution in [0.2, 0.25) is 0 Å². The van der Waals surface area contributed by atoms with Gasteiger partial charge in [-0.3, -0.25) is 0 Å². The predicted octanol–water partition coefficient (Wildman–Crippen LogP) is 2.77. The van der Waals surface area contributed by atoms with Gasteiger partial charge in [0.25, 0.3) is 6.43 Å². The number of hydrogen-bond donors (Lipinski definition) is 1. The molecule has 0 aliphatic heterocycles. The van der Waals surface area contributed by atoms with E-state index in [1.54, 1.807) is 13.1 Å². The molecule has 0 spiro atoms. The summed E-state index contributed by atoms with van der Waals surface area (Å²) in [7, 11) is 1.55. The van der Waals surface area contributed by atoms with Crippen molar-refractivity contribution in [2.24, 2.45) is 0 Å². The van der Waals surface area contributed by atoms with Crippen LogP contribution in [0.15, 0.2) is 24.3 Å². The third-order valence-electron chi connectivity index (χ3n) is 2.28. The SMILES string of the molecule is CCc1cccc(C(NC)C(F)F)c1. The Labute approximate surface area is 83.1 Å². The summed E-state index contributed by atoms with van der Waals surface area (Å²) < 4.78 is 25.1. The molecule has 0 amide bonds. The molecule has 1 unspecified atom stereocenters. The molecule has 78 valence electrons. The minimum Gasteiger partial charge on any atom is -0.308 e. The van der Waals surface area contributed by atoms with Gasteiger partial charge in [-0.05, 0) is 24.6 Å². The van der Waals surface area contributed by atoms with Crippen LogP contribution >= 0.6 is 0 Å². The summed E-state index contributed by atoms with van der Waals surface area (Å²) in [4.78, 5) is 0. The predicted molar refractivity (Wildman–Crippen MR) is 53.6 cm³/mol. The molecule has 1 N–H and O–H groups in total. The Morgan fingerprint density at radius 1 is 1.36 bits per heavy atom. The topological polar surface area (TPSA) is 12.0 Å². The fourth-order valence-electron chi connectivity index (χ4n) is 1.44. The second kappa shape index (κ2) is 5.05. The summed E-state index contributed by atoms with van der Waals surface area (Å²) in [5.41, 5.74) is 1.74. The number of aryl methyl sites for hydroxylation is 1. The first kappa shape index (κ1) is 11.1. The van der Waals surface area contributed by atoms with Crippen molar-refractivity contribution in [1.82, 2.24) is 5.32 Å². The Kier molecular flexibility index (Phi) is 4.01. The summed E-state index contributed by atoms with van der Waals surface area (Å²) >= 11 is 0.